The first kappa shape index (κ1) is 17.6. The predicted octanol–water partition coefficient (Wildman–Crippen LogP) is 1.51. The van der Waals surface area contributed by atoms with Crippen LogP contribution in [0, 0.1) is 5.92 Å². The normalized spacial score (nSPS) is 16.9. The van der Waals surface area contributed by atoms with Gasteiger partial charge >= 0.3 is 0 Å². The molecule has 1 aliphatic rings. The molecule has 1 aromatic carbocycles. The molecule has 124 valence electrons. The molecule has 1 aromatic rings. The molecule has 6 heteroatoms. The molecule has 1 saturated heterocycles. The summed E-state index contributed by atoms with van der Waals surface area (Å²) < 4.78 is 0. The lowest BCUT2D eigenvalue weighted by Gasteiger charge is -2.31. The Labute approximate surface area is 141 Å². The van der Waals surface area contributed by atoms with Crippen LogP contribution in [-0.4, -0.2) is 45.9 Å². The van der Waals surface area contributed by atoms with Crippen molar-refractivity contribution in [1.82, 2.24) is 4.90 Å². The van der Waals surface area contributed by atoms with E-state index in [-0.39, 0.29) is 30.1 Å². The van der Waals surface area contributed by atoms with Crippen LogP contribution in [0.25, 0.3) is 0 Å². The number of carbonyl (C=O) groups is 2. The molecule has 5 nitrogen and oxygen atoms in total. The van der Waals surface area contributed by atoms with Crippen LogP contribution in [-0.2, 0) is 4.79 Å². The van der Waals surface area contributed by atoms with Gasteiger partial charge in [-0.1, -0.05) is 43.4 Å². The number of aliphatic hydroxyl groups excluding tert-OH is 1. The Bertz CT molecular complexity index is 592. The predicted molar refractivity (Wildman–Crippen MR) is 92.3 cm³/mol. The molecule has 1 heterocycles. The molecule has 1 aliphatic heterocycles. The molecule has 1 unspecified atom stereocenters. The van der Waals surface area contributed by atoms with Gasteiger partial charge in [0.2, 0.25) is 5.91 Å². The first-order chi connectivity index (χ1) is 10.9. The molecule has 1 atom stereocenters. The van der Waals surface area contributed by atoms with Crippen LogP contribution in [0.1, 0.15) is 42.1 Å². The minimum absolute atomic E-state index is 0.0231. The molecule has 0 bridgehead atoms. The molecular weight excluding hydrogens is 312 g/mol. The fourth-order valence-electron chi connectivity index (χ4n) is 2.70. The van der Waals surface area contributed by atoms with Crippen molar-refractivity contribution in [3.63, 3.8) is 0 Å². The molecule has 0 aromatic heterocycles. The maximum atomic E-state index is 12.4. The van der Waals surface area contributed by atoms with Gasteiger partial charge in [0.15, 0.2) is 5.78 Å². The van der Waals surface area contributed by atoms with Crippen LogP contribution in [0.2, 0.25) is 0 Å². The van der Waals surface area contributed by atoms with Crippen LogP contribution in [0.15, 0.2) is 24.3 Å². The number of rotatable bonds is 5. The van der Waals surface area contributed by atoms with E-state index in [0.29, 0.717) is 42.0 Å². The maximum Gasteiger partial charge on any atom is 0.225 e. The fraction of sp³-hybridized carbons (Fsp3) is 0.471. The Kier molecular flexibility index (Phi) is 5.85. The van der Waals surface area contributed by atoms with Gasteiger partial charge in [0.05, 0.1) is 6.10 Å². The third kappa shape index (κ3) is 4.59. The number of benzene rings is 1. The zero-order valence-corrected chi connectivity index (χ0v) is 14.0. The van der Waals surface area contributed by atoms with Crippen LogP contribution in [0.4, 0.5) is 0 Å². The van der Waals surface area contributed by atoms with Crippen molar-refractivity contribution in [2.75, 3.05) is 13.1 Å². The minimum atomic E-state index is -0.368. The van der Waals surface area contributed by atoms with Crippen LogP contribution in [0.5, 0.6) is 0 Å². The molecule has 1 fully saturated rings. The van der Waals surface area contributed by atoms with Crippen LogP contribution < -0.4 is 5.73 Å². The molecular formula is C17H22N2O3S. The van der Waals surface area contributed by atoms with Crippen molar-refractivity contribution in [2.24, 2.45) is 11.7 Å². The zero-order valence-electron chi connectivity index (χ0n) is 13.2. The number of likely N-dealkylation sites (tertiary alicyclic amines) is 1. The van der Waals surface area contributed by atoms with E-state index in [2.05, 4.69) is 0 Å². The number of thiocarbonyl (C=S) groups is 1. The van der Waals surface area contributed by atoms with Crippen molar-refractivity contribution < 1.29 is 14.7 Å². The van der Waals surface area contributed by atoms with Crippen LogP contribution >= 0.6 is 12.2 Å². The van der Waals surface area contributed by atoms with Gasteiger partial charge < -0.3 is 15.7 Å². The largest absolute Gasteiger partial charge is 0.393 e. The van der Waals surface area contributed by atoms with Gasteiger partial charge in [-0.3, -0.25) is 9.59 Å². The second kappa shape index (κ2) is 7.66. The van der Waals surface area contributed by atoms with E-state index in [4.69, 9.17) is 18.0 Å². The Balaban J connectivity index is 1.93. The number of ketones is 1. The Morgan fingerprint density at radius 3 is 2.30 bits per heavy atom. The number of nitrogens with zero attached hydrogens (tertiary/aromatic N) is 1. The highest BCUT2D eigenvalue weighted by Gasteiger charge is 2.26. The molecule has 2 rings (SSSR count). The van der Waals surface area contributed by atoms with Gasteiger partial charge in [-0.05, 0) is 12.8 Å². The molecule has 0 aliphatic carbocycles. The third-order valence-electron chi connectivity index (χ3n) is 4.18. The third-order valence-corrected chi connectivity index (χ3v) is 4.42. The van der Waals surface area contributed by atoms with Crippen LogP contribution in [0.3, 0.4) is 0 Å². The number of aliphatic hydroxyl groups is 1. The Hall–Kier alpha value is -1.79. The number of amides is 1. The maximum absolute atomic E-state index is 12.4. The summed E-state index contributed by atoms with van der Waals surface area (Å²) >= 11 is 4.88. The van der Waals surface area contributed by atoms with E-state index in [1.54, 1.807) is 36.1 Å². The first-order valence-electron chi connectivity index (χ1n) is 7.78. The monoisotopic (exact) mass is 334 g/mol. The van der Waals surface area contributed by atoms with Gasteiger partial charge in [0.25, 0.3) is 0 Å². The lowest BCUT2D eigenvalue weighted by Crippen LogP contribution is -2.42. The topological polar surface area (TPSA) is 83.6 Å². The number of piperidine rings is 1. The molecule has 3 N–H and O–H groups in total. The molecule has 0 saturated carbocycles. The van der Waals surface area contributed by atoms with Gasteiger partial charge in [-0.15, -0.1) is 0 Å². The van der Waals surface area contributed by atoms with E-state index in [1.807, 2.05) is 0 Å². The standard InChI is InChI=1S/C17H22N2O3S/c1-11(17(22)19-8-6-14(20)7-9-19)10-15(21)12-2-4-13(5-3-12)16(18)23/h2-5,11,14,20H,6-10H2,1H3,(H2,18,23). The van der Waals surface area contributed by atoms with E-state index in [1.165, 1.54) is 0 Å². The summed E-state index contributed by atoms with van der Waals surface area (Å²) in [6.07, 6.45) is 1.06. The average Bonchev–Trinajstić information content (AvgIpc) is 2.54. The average molecular weight is 334 g/mol. The van der Waals surface area contributed by atoms with Crippen molar-refractivity contribution >= 4 is 28.9 Å². The fourth-order valence-corrected chi connectivity index (χ4v) is 2.84. The molecule has 23 heavy (non-hydrogen) atoms. The van der Waals surface area contributed by atoms with Gasteiger partial charge in [-0.25, -0.2) is 0 Å². The summed E-state index contributed by atoms with van der Waals surface area (Å²) in [4.78, 5) is 26.7. The van der Waals surface area contributed by atoms with Gasteiger partial charge in [-0.2, -0.15) is 0 Å². The summed E-state index contributed by atoms with van der Waals surface area (Å²) in [6.45, 7) is 2.89. The second-order valence-corrected chi connectivity index (χ2v) is 6.47. The van der Waals surface area contributed by atoms with E-state index >= 15 is 0 Å². The highest BCUT2D eigenvalue weighted by Crippen LogP contribution is 2.17. The summed E-state index contributed by atoms with van der Waals surface area (Å²) in [5.41, 5.74) is 6.80. The summed E-state index contributed by atoms with van der Waals surface area (Å²) in [5, 5.41) is 9.49. The van der Waals surface area contributed by atoms with E-state index < -0.39 is 0 Å². The highest BCUT2D eigenvalue weighted by molar-refractivity contribution is 7.80. The summed E-state index contributed by atoms with van der Waals surface area (Å²) in [5.74, 6) is -0.463. The first-order valence-corrected chi connectivity index (χ1v) is 8.19. The lowest BCUT2D eigenvalue weighted by molar-refractivity contribution is -0.136. The smallest absolute Gasteiger partial charge is 0.225 e. The Morgan fingerprint density at radius 2 is 1.78 bits per heavy atom. The van der Waals surface area contributed by atoms with Crippen molar-refractivity contribution in [3.05, 3.63) is 35.4 Å². The number of hydrogen-bond acceptors (Lipinski definition) is 4. The molecule has 0 radical (unpaired) electrons. The van der Waals surface area contributed by atoms with Crippen molar-refractivity contribution in [1.29, 1.82) is 0 Å². The number of Topliss-reactive ketones (excluding diaryl/α,β-unsaturated/α-hetero) is 1. The number of nitrogens with two attached hydrogens (primary N) is 1. The number of hydrogen-bond donors (Lipinski definition) is 2. The van der Waals surface area contributed by atoms with Gasteiger partial charge in [0, 0.05) is 36.6 Å². The van der Waals surface area contributed by atoms with Crippen molar-refractivity contribution in [2.45, 2.75) is 32.3 Å². The van der Waals surface area contributed by atoms with Crippen molar-refractivity contribution in [3.8, 4) is 0 Å². The molecule has 1 amide bonds. The summed E-state index contributed by atoms with van der Waals surface area (Å²) in [7, 11) is 0. The van der Waals surface area contributed by atoms with E-state index in [9.17, 15) is 14.7 Å². The van der Waals surface area contributed by atoms with Gasteiger partial charge in [0.1, 0.15) is 4.99 Å². The quantitative estimate of drug-likeness (QED) is 0.630. The number of carbonyl (C=O) groups excluding carboxylic acids is 2. The SMILES string of the molecule is CC(CC(=O)c1ccc(C(N)=S)cc1)C(=O)N1CCC(O)CC1. The molecule has 0 spiro atoms. The minimum Gasteiger partial charge on any atom is -0.393 e. The zero-order chi connectivity index (χ0) is 17.0. The Morgan fingerprint density at radius 1 is 1.26 bits per heavy atom. The summed E-state index contributed by atoms with van der Waals surface area (Å²) in [6, 6.07) is 6.80. The van der Waals surface area contributed by atoms with E-state index in [0.717, 1.165) is 0 Å². The highest BCUT2D eigenvalue weighted by atomic mass is 32.1. The second-order valence-electron chi connectivity index (χ2n) is 6.03. The lowest BCUT2D eigenvalue weighted by atomic mass is 9.96.